The van der Waals surface area contributed by atoms with Crippen LogP contribution < -0.4 is 4.90 Å². The zero-order valence-electron chi connectivity index (χ0n) is 19.0. The molecular formula is C26H25FN2O5. The maximum Gasteiger partial charge on any atom is 0.296 e. The van der Waals surface area contributed by atoms with E-state index in [1.54, 1.807) is 38.1 Å². The van der Waals surface area contributed by atoms with Gasteiger partial charge in [-0.25, -0.2) is 4.39 Å². The van der Waals surface area contributed by atoms with Crippen molar-refractivity contribution in [2.75, 3.05) is 24.6 Å². The number of para-hydroxylation sites is 1. The average molecular weight is 464 g/mol. The lowest BCUT2D eigenvalue weighted by Gasteiger charge is -2.35. The second-order valence-electron chi connectivity index (χ2n) is 8.84. The van der Waals surface area contributed by atoms with Crippen LogP contribution in [0.1, 0.15) is 36.5 Å². The smallest absolute Gasteiger partial charge is 0.296 e. The maximum atomic E-state index is 14.4. The Bertz CT molecular complexity index is 1250. The Labute approximate surface area is 196 Å². The molecule has 2 fully saturated rings. The summed E-state index contributed by atoms with van der Waals surface area (Å²) in [5.41, 5.74) is -0.795. The summed E-state index contributed by atoms with van der Waals surface area (Å²) in [5, 5.41) is 11.3. The standard InChI is InChI=1S/C26H25FN2O5/c1-3-28-20-9-5-4-8-18(20)26(25(28)33)21(22(30)16-11-10-15(2)19(27)13-16)23(31)24(32)29(26)14-17-7-6-12-34-17/h4-5,8-11,13,17,30H,3,6-7,12,14H2,1-2H3/b22-21+. The van der Waals surface area contributed by atoms with E-state index < -0.39 is 34.7 Å². The van der Waals surface area contributed by atoms with Crippen LogP contribution in [0.5, 0.6) is 0 Å². The van der Waals surface area contributed by atoms with E-state index in [9.17, 15) is 23.9 Å². The largest absolute Gasteiger partial charge is 0.507 e. The van der Waals surface area contributed by atoms with Crippen LogP contribution in [0.2, 0.25) is 0 Å². The van der Waals surface area contributed by atoms with Crippen molar-refractivity contribution in [1.29, 1.82) is 0 Å². The van der Waals surface area contributed by atoms with E-state index in [4.69, 9.17) is 4.74 Å². The van der Waals surface area contributed by atoms with Crippen LogP contribution in [-0.4, -0.2) is 53.4 Å². The normalized spacial score (nSPS) is 25.6. The number of aliphatic hydroxyl groups excluding tert-OH is 1. The van der Waals surface area contributed by atoms with Crippen molar-refractivity contribution in [2.45, 2.75) is 38.3 Å². The van der Waals surface area contributed by atoms with Gasteiger partial charge in [-0.1, -0.05) is 30.3 Å². The van der Waals surface area contributed by atoms with Crippen molar-refractivity contribution in [3.63, 3.8) is 0 Å². The lowest BCUT2D eigenvalue weighted by atomic mass is 9.81. The summed E-state index contributed by atoms with van der Waals surface area (Å²) in [6.45, 7) is 4.25. The van der Waals surface area contributed by atoms with Crippen molar-refractivity contribution < 1.29 is 28.6 Å². The highest BCUT2D eigenvalue weighted by Gasteiger charge is 2.67. The van der Waals surface area contributed by atoms with E-state index in [1.807, 2.05) is 0 Å². The molecule has 1 spiro atoms. The number of likely N-dealkylation sites (tertiary alicyclic amines) is 1. The number of anilines is 1. The molecule has 3 aliphatic heterocycles. The number of benzene rings is 2. The number of nitrogens with zero attached hydrogens (tertiary/aromatic N) is 2. The lowest BCUT2D eigenvalue weighted by Crippen LogP contribution is -2.53. The maximum absolute atomic E-state index is 14.4. The molecule has 0 bridgehead atoms. The van der Waals surface area contributed by atoms with Crippen LogP contribution in [0.3, 0.4) is 0 Å². The Morgan fingerprint density at radius 3 is 2.65 bits per heavy atom. The topological polar surface area (TPSA) is 87.2 Å². The fourth-order valence-electron chi connectivity index (χ4n) is 5.31. The molecule has 2 amide bonds. The van der Waals surface area contributed by atoms with E-state index in [0.717, 1.165) is 12.5 Å². The minimum Gasteiger partial charge on any atom is -0.507 e. The van der Waals surface area contributed by atoms with Crippen LogP contribution in [-0.2, 0) is 24.7 Å². The third kappa shape index (κ3) is 2.94. The molecule has 0 aromatic heterocycles. The van der Waals surface area contributed by atoms with Gasteiger partial charge in [0.1, 0.15) is 11.6 Å². The molecule has 2 unspecified atom stereocenters. The number of carbonyl (C=O) groups is 3. The summed E-state index contributed by atoms with van der Waals surface area (Å²) in [4.78, 5) is 43.7. The molecule has 3 heterocycles. The van der Waals surface area contributed by atoms with Gasteiger partial charge in [0.25, 0.3) is 17.6 Å². The number of rotatable bonds is 4. The number of aliphatic hydroxyl groups is 1. The van der Waals surface area contributed by atoms with Gasteiger partial charge in [-0.3, -0.25) is 14.4 Å². The van der Waals surface area contributed by atoms with Crippen molar-refractivity contribution in [1.82, 2.24) is 4.90 Å². The molecule has 1 N–H and O–H groups in total. The number of likely N-dealkylation sites (N-methyl/N-ethyl adjacent to an activating group) is 1. The van der Waals surface area contributed by atoms with Gasteiger partial charge in [0.15, 0.2) is 5.54 Å². The molecule has 8 heteroatoms. The fraction of sp³-hybridized carbons (Fsp3) is 0.346. The number of amides is 2. The Morgan fingerprint density at radius 2 is 1.97 bits per heavy atom. The first-order valence-corrected chi connectivity index (χ1v) is 11.4. The first-order chi connectivity index (χ1) is 16.3. The molecule has 7 nitrogen and oxygen atoms in total. The number of Topliss-reactive ketones (excluding diaryl/α,β-unsaturated/α-hetero) is 1. The summed E-state index contributed by atoms with van der Waals surface area (Å²) >= 11 is 0. The number of hydrogen-bond donors (Lipinski definition) is 1. The number of ether oxygens (including phenoxy) is 1. The number of fused-ring (bicyclic) bond motifs is 2. The minimum atomic E-state index is -1.85. The molecule has 34 heavy (non-hydrogen) atoms. The van der Waals surface area contributed by atoms with Crippen LogP contribution in [0.4, 0.5) is 10.1 Å². The molecule has 2 saturated heterocycles. The first-order valence-electron chi connectivity index (χ1n) is 11.4. The molecule has 2 aromatic rings. The Morgan fingerprint density at radius 1 is 1.21 bits per heavy atom. The second-order valence-corrected chi connectivity index (χ2v) is 8.84. The van der Waals surface area contributed by atoms with Gasteiger partial charge in [0.05, 0.1) is 17.4 Å². The summed E-state index contributed by atoms with van der Waals surface area (Å²) in [7, 11) is 0. The number of hydrogen-bond acceptors (Lipinski definition) is 5. The Balaban J connectivity index is 1.80. The first kappa shape index (κ1) is 22.3. The zero-order chi connectivity index (χ0) is 24.2. The zero-order valence-corrected chi connectivity index (χ0v) is 19.0. The van der Waals surface area contributed by atoms with E-state index in [1.165, 1.54) is 21.9 Å². The van der Waals surface area contributed by atoms with Crippen LogP contribution >= 0.6 is 0 Å². The van der Waals surface area contributed by atoms with Gasteiger partial charge in [-0.15, -0.1) is 0 Å². The molecule has 5 rings (SSSR count). The van der Waals surface area contributed by atoms with Crippen molar-refractivity contribution in [2.24, 2.45) is 0 Å². The quantitative estimate of drug-likeness (QED) is 0.426. The van der Waals surface area contributed by atoms with Crippen molar-refractivity contribution >= 4 is 29.0 Å². The highest BCUT2D eigenvalue weighted by Crippen LogP contribution is 2.53. The molecule has 176 valence electrons. The Kier molecular flexibility index (Phi) is 5.28. The molecular weight excluding hydrogens is 439 g/mol. The minimum absolute atomic E-state index is 0.0258. The van der Waals surface area contributed by atoms with Gasteiger partial charge < -0.3 is 19.6 Å². The number of ketones is 1. The highest BCUT2D eigenvalue weighted by atomic mass is 19.1. The van der Waals surface area contributed by atoms with Crippen molar-refractivity contribution in [3.05, 3.63) is 70.5 Å². The molecule has 2 aromatic carbocycles. The van der Waals surface area contributed by atoms with Crippen LogP contribution in [0.15, 0.2) is 48.0 Å². The van der Waals surface area contributed by atoms with Crippen molar-refractivity contribution in [3.8, 4) is 0 Å². The molecule has 0 saturated carbocycles. The lowest BCUT2D eigenvalue weighted by molar-refractivity contribution is -0.145. The average Bonchev–Trinajstić information content (AvgIpc) is 3.49. The molecule has 3 aliphatic rings. The van der Waals surface area contributed by atoms with E-state index >= 15 is 0 Å². The summed E-state index contributed by atoms with van der Waals surface area (Å²) in [6.07, 6.45) is 1.17. The summed E-state index contributed by atoms with van der Waals surface area (Å²) in [5.74, 6) is -3.50. The van der Waals surface area contributed by atoms with Gasteiger partial charge >= 0.3 is 0 Å². The third-order valence-corrected chi connectivity index (χ3v) is 6.98. The predicted octanol–water partition coefficient (Wildman–Crippen LogP) is 3.26. The van der Waals surface area contributed by atoms with E-state index in [2.05, 4.69) is 0 Å². The third-order valence-electron chi connectivity index (χ3n) is 6.98. The van der Waals surface area contributed by atoms with Gasteiger partial charge in [-0.2, -0.15) is 0 Å². The van der Waals surface area contributed by atoms with E-state index in [-0.39, 0.29) is 23.8 Å². The SMILES string of the molecule is CCN1C(=O)C2(/C(=C(/O)c3ccc(C)c(F)c3)C(=O)C(=O)N2CC2CCCO2)c2ccccc21. The number of halogens is 1. The predicted molar refractivity (Wildman–Crippen MR) is 123 cm³/mol. The summed E-state index contributed by atoms with van der Waals surface area (Å²) in [6, 6.07) is 11.0. The summed E-state index contributed by atoms with van der Waals surface area (Å²) < 4.78 is 20.1. The monoisotopic (exact) mass is 464 g/mol. The highest BCUT2D eigenvalue weighted by molar-refractivity contribution is 6.50. The van der Waals surface area contributed by atoms with E-state index in [0.29, 0.717) is 36.4 Å². The van der Waals surface area contributed by atoms with Crippen LogP contribution in [0, 0.1) is 12.7 Å². The molecule has 0 radical (unpaired) electrons. The molecule has 0 aliphatic carbocycles. The van der Waals surface area contributed by atoms with Crippen LogP contribution in [0.25, 0.3) is 5.76 Å². The van der Waals surface area contributed by atoms with Gasteiger partial charge in [0, 0.05) is 30.8 Å². The molecule has 2 atom stereocenters. The van der Waals surface area contributed by atoms with Gasteiger partial charge in [0.2, 0.25) is 0 Å². The van der Waals surface area contributed by atoms with Gasteiger partial charge in [-0.05, 0) is 44.4 Å². The number of carbonyl (C=O) groups excluding carboxylic acids is 3. The Hall–Kier alpha value is -3.52. The fourth-order valence-corrected chi connectivity index (χ4v) is 5.31. The second kappa shape index (κ2) is 8.06. The number of aryl methyl sites for hydroxylation is 1.